The number of carbonyl (C=O) groups is 1. The van der Waals surface area contributed by atoms with Crippen LogP contribution in [0.5, 0.6) is 5.75 Å². The van der Waals surface area contributed by atoms with E-state index in [1.165, 1.54) is 17.0 Å². The Morgan fingerprint density at radius 1 is 1.58 bits per heavy atom. The quantitative estimate of drug-likeness (QED) is 0.763. The average Bonchev–Trinajstić information content (AvgIpc) is 2.40. The number of ether oxygens (including phenoxy) is 1. The van der Waals surface area contributed by atoms with Crippen molar-refractivity contribution in [1.29, 1.82) is 0 Å². The van der Waals surface area contributed by atoms with Crippen LogP contribution in [0.3, 0.4) is 0 Å². The Labute approximate surface area is 112 Å². The van der Waals surface area contributed by atoms with Crippen LogP contribution in [0.1, 0.15) is 6.92 Å². The number of aliphatic hydroxyl groups is 1. The predicted molar refractivity (Wildman–Crippen MR) is 70.4 cm³/mol. The third-order valence-corrected chi connectivity index (χ3v) is 2.52. The second kappa shape index (κ2) is 7.53. The molecule has 0 aliphatic rings. The Morgan fingerprint density at radius 3 is 2.84 bits per heavy atom. The van der Waals surface area contributed by atoms with Crippen molar-refractivity contribution in [3.8, 4) is 5.75 Å². The molecule has 1 aromatic carbocycles. The van der Waals surface area contributed by atoms with E-state index in [9.17, 15) is 9.18 Å². The van der Waals surface area contributed by atoms with Crippen molar-refractivity contribution in [2.24, 2.45) is 0 Å². The van der Waals surface area contributed by atoms with Crippen LogP contribution in [0.25, 0.3) is 0 Å². The summed E-state index contributed by atoms with van der Waals surface area (Å²) >= 11 is 0. The van der Waals surface area contributed by atoms with Crippen LogP contribution in [-0.2, 0) is 4.79 Å². The summed E-state index contributed by atoms with van der Waals surface area (Å²) < 4.78 is 18.7. The van der Waals surface area contributed by atoms with E-state index in [2.05, 4.69) is 6.58 Å². The molecule has 0 saturated carbocycles. The molecule has 1 atom stereocenters. The monoisotopic (exact) mass is 267 g/mol. The van der Waals surface area contributed by atoms with Gasteiger partial charge in [0.1, 0.15) is 0 Å². The highest BCUT2D eigenvalue weighted by atomic mass is 19.1. The Hall–Kier alpha value is -1.88. The van der Waals surface area contributed by atoms with Crippen molar-refractivity contribution < 1.29 is 19.0 Å². The summed E-state index contributed by atoms with van der Waals surface area (Å²) in [5.41, 5.74) is 0. The number of hydrogen-bond donors (Lipinski definition) is 1. The zero-order chi connectivity index (χ0) is 14.3. The second-order valence-corrected chi connectivity index (χ2v) is 3.99. The Kier molecular flexibility index (Phi) is 6.02. The first-order valence-electron chi connectivity index (χ1n) is 6.02. The summed E-state index contributed by atoms with van der Waals surface area (Å²) in [6.07, 6.45) is 0.729. The highest BCUT2D eigenvalue weighted by molar-refractivity contribution is 5.81. The molecule has 1 unspecified atom stereocenters. The van der Waals surface area contributed by atoms with Crippen molar-refractivity contribution in [2.45, 2.75) is 13.0 Å². The van der Waals surface area contributed by atoms with Crippen LogP contribution in [0.4, 0.5) is 4.39 Å². The molecule has 0 bridgehead atoms. The van der Waals surface area contributed by atoms with Crippen LogP contribution in [0.15, 0.2) is 36.9 Å². The maximum atomic E-state index is 13.4. The first-order valence-corrected chi connectivity index (χ1v) is 6.02. The van der Waals surface area contributed by atoms with E-state index in [-0.39, 0.29) is 24.8 Å². The van der Waals surface area contributed by atoms with Gasteiger partial charge in [0.2, 0.25) is 0 Å². The fourth-order valence-electron chi connectivity index (χ4n) is 1.61. The van der Waals surface area contributed by atoms with Crippen molar-refractivity contribution >= 4 is 5.91 Å². The summed E-state index contributed by atoms with van der Waals surface area (Å²) in [6, 6.07) is 5.90. The normalized spacial score (nSPS) is 11.7. The first kappa shape index (κ1) is 15.2. The number of halogens is 1. The molecule has 104 valence electrons. The highest BCUT2D eigenvalue weighted by Gasteiger charge is 2.21. The molecule has 1 rings (SSSR count). The van der Waals surface area contributed by atoms with Crippen LogP contribution in [0.2, 0.25) is 0 Å². The topological polar surface area (TPSA) is 49.8 Å². The molecule has 0 aliphatic carbocycles. The van der Waals surface area contributed by atoms with E-state index in [1.807, 2.05) is 0 Å². The number of aliphatic hydroxyl groups excluding tert-OH is 1. The first-order chi connectivity index (χ1) is 9.10. The lowest BCUT2D eigenvalue weighted by molar-refractivity contribution is -0.138. The van der Waals surface area contributed by atoms with Gasteiger partial charge in [-0.25, -0.2) is 4.39 Å². The average molecular weight is 267 g/mol. The number of benzene rings is 1. The van der Waals surface area contributed by atoms with Gasteiger partial charge in [-0.3, -0.25) is 4.79 Å². The maximum Gasteiger partial charge on any atom is 0.263 e. The summed E-state index contributed by atoms with van der Waals surface area (Å²) in [4.78, 5) is 13.5. The van der Waals surface area contributed by atoms with Gasteiger partial charge in [0.15, 0.2) is 17.7 Å². The minimum Gasteiger partial charge on any atom is -0.478 e. The van der Waals surface area contributed by atoms with Gasteiger partial charge < -0.3 is 14.7 Å². The molecule has 0 aliphatic heterocycles. The molecule has 1 N–H and O–H groups in total. The lowest BCUT2D eigenvalue weighted by Crippen LogP contribution is -2.42. The van der Waals surface area contributed by atoms with E-state index < -0.39 is 11.9 Å². The lowest BCUT2D eigenvalue weighted by atomic mass is 10.3. The minimum atomic E-state index is -0.830. The van der Waals surface area contributed by atoms with Gasteiger partial charge in [0, 0.05) is 13.1 Å². The number of amides is 1. The van der Waals surface area contributed by atoms with Crippen LogP contribution < -0.4 is 4.74 Å². The molecular formula is C14H18FNO3. The van der Waals surface area contributed by atoms with E-state index >= 15 is 0 Å². The van der Waals surface area contributed by atoms with Crippen LogP contribution in [0, 0.1) is 5.82 Å². The summed E-state index contributed by atoms with van der Waals surface area (Å²) in [5, 5.41) is 8.90. The van der Waals surface area contributed by atoms with Crippen molar-refractivity contribution in [3.05, 3.63) is 42.7 Å². The summed E-state index contributed by atoms with van der Waals surface area (Å²) in [6.45, 7) is 5.44. The van der Waals surface area contributed by atoms with E-state index in [4.69, 9.17) is 9.84 Å². The molecule has 0 fully saturated rings. The van der Waals surface area contributed by atoms with Crippen molar-refractivity contribution in [1.82, 2.24) is 4.90 Å². The summed E-state index contributed by atoms with van der Waals surface area (Å²) in [7, 11) is 0. The number of para-hydroxylation sites is 1. The Bertz CT molecular complexity index is 436. The smallest absolute Gasteiger partial charge is 0.263 e. The fourth-order valence-corrected chi connectivity index (χ4v) is 1.61. The third-order valence-electron chi connectivity index (χ3n) is 2.52. The van der Waals surface area contributed by atoms with Crippen molar-refractivity contribution in [2.75, 3.05) is 19.7 Å². The fraction of sp³-hybridized carbons (Fsp3) is 0.357. The molecule has 0 saturated heterocycles. The highest BCUT2D eigenvalue weighted by Crippen LogP contribution is 2.17. The molecule has 1 aromatic rings. The standard InChI is InChI=1S/C14H18FNO3/c1-3-8-16(9-10-17)14(18)11(2)19-13-7-5-4-6-12(13)15/h3-7,11,17H,1,8-10H2,2H3. The van der Waals surface area contributed by atoms with Gasteiger partial charge in [-0.15, -0.1) is 6.58 Å². The van der Waals surface area contributed by atoms with Gasteiger partial charge >= 0.3 is 0 Å². The zero-order valence-electron chi connectivity index (χ0n) is 10.9. The largest absolute Gasteiger partial charge is 0.478 e. The number of rotatable bonds is 7. The lowest BCUT2D eigenvalue weighted by Gasteiger charge is -2.24. The molecule has 0 radical (unpaired) electrons. The van der Waals surface area contributed by atoms with Gasteiger partial charge in [0.05, 0.1) is 6.61 Å². The van der Waals surface area contributed by atoms with Crippen molar-refractivity contribution in [3.63, 3.8) is 0 Å². The molecule has 1 amide bonds. The van der Waals surface area contributed by atoms with Gasteiger partial charge in [-0.2, -0.15) is 0 Å². The Balaban J connectivity index is 2.70. The van der Waals surface area contributed by atoms with Gasteiger partial charge in [-0.1, -0.05) is 18.2 Å². The maximum absolute atomic E-state index is 13.4. The van der Waals surface area contributed by atoms with Gasteiger partial charge in [-0.05, 0) is 19.1 Å². The zero-order valence-corrected chi connectivity index (χ0v) is 10.9. The van der Waals surface area contributed by atoms with Gasteiger partial charge in [0.25, 0.3) is 5.91 Å². The second-order valence-electron chi connectivity index (χ2n) is 3.99. The third kappa shape index (κ3) is 4.37. The SMILES string of the molecule is C=CCN(CCO)C(=O)C(C)Oc1ccccc1F. The van der Waals surface area contributed by atoms with E-state index in [1.54, 1.807) is 25.1 Å². The molecule has 0 spiro atoms. The number of nitrogens with zero attached hydrogens (tertiary/aromatic N) is 1. The Morgan fingerprint density at radius 2 is 2.26 bits per heavy atom. The number of hydrogen-bond acceptors (Lipinski definition) is 3. The van der Waals surface area contributed by atoms with E-state index in [0.29, 0.717) is 6.54 Å². The molecular weight excluding hydrogens is 249 g/mol. The van der Waals surface area contributed by atoms with Crippen LogP contribution in [-0.4, -0.2) is 41.7 Å². The number of carbonyl (C=O) groups excluding carboxylic acids is 1. The molecule has 5 heteroatoms. The minimum absolute atomic E-state index is 0.0332. The van der Waals surface area contributed by atoms with Crippen LogP contribution >= 0.6 is 0 Å². The molecule has 0 heterocycles. The molecule has 4 nitrogen and oxygen atoms in total. The molecule has 19 heavy (non-hydrogen) atoms. The molecule has 0 aromatic heterocycles. The van der Waals surface area contributed by atoms with E-state index in [0.717, 1.165) is 0 Å². The summed E-state index contributed by atoms with van der Waals surface area (Å²) in [5.74, 6) is -0.803. The predicted octanol–water partition coefficient (Wildman–Crippen LogP) is 1.60.